The van der Waals surface area contributed by atoms with E-state index in [0.717, 1.165) is 5.56 Å². The number of hydrogen-bond acceptors (Lipinski definition) is 2. The SMILES string of the molecule is Cc1ccc(-c2c(NC(=O)c3ccccc3F)n(C)c3ccccc3c2=O)cc1. The summed E-state index contributed by atoms with van der Waals surface area (Å²) in [6.45, 7) is 1.96. The van der Waals surface area contributed by atoms with Gasteiger partial charge in [0.25, 0.3) is 5.91 Å². The highest BCUT2D eigenvalue weighted by Crippen LogP contribution is 2.29. The molecule has 4 nitrogen and oxygen atoms in total. The minimum absolute atomic E-state index is 0.0806. The van der Waals surface area contributed by atoms with Gasteiger partial charge in [-0.05, 0) is 36.8 Å². The summed E-state index contributed by atoms with van der Waals surface area (Å²) in [6, 6.07) is 20.5. The minimum Gasteiger partial charge on any atom is -0.330 e. The first-order valence-electron chi connectivity index (χ1n) is 9.22. The van der Waals surface area contributed by atoms with E-state index in [1.165, 1.54) is 18.2 Å². The lowest BCUT2D eigenvalue weighted by atomic mass is 10.0. The number of carbonyl (C=O) groups excluding carboxylic acids is 1. The number of nitrogens with one attached hydrogen (secondary N) is 1. The zero-order valence-electron chi connectivity index (χ0n) is 16.1. The second-order valence-electron chi connectivity index (χ2n) is 6.93. The van der Waals surface area contributed by atoms with Crippen LogP contribution in [-0.2, 0) is 7.05 Å². The number of benzene rings is 3. The average Bonchev–Trinajstić information content (AvgIpc) is 2.73. The number of halogens is 1. The standard InChI is InChI=1S/C24H19FN2O2/c1-15-11-13-16(14-12-15)21-22(28)18-8-4-6-10-20(18)27(2)23(21)26-24(29)17-7-3-5-9-19(17)25/h3-14H,1-2H3,(H,26,29). The molecule has 0 aliphatic rings. The fourth-order valence-electron chi connectivity index (χ4n) is 3.44. The van der Waals surface area contributed by atoms with Crippen molar-refractivity contribution in [3.05, 3.63) is 100.0 Å². The van der Waals surface area contributed by atoms with Gasteiger partial charge in [-0.1, -0.05) is 54.1 Å². The molecule has 144 valence electrons. The summed E-state index contributed by atoms with van der Waals surface area (Å²) in [5.41, 5.74) is 2.52. The van der Waals surface area contributed by atoms with Crippen molar-refractivity contribution in [2.75, 3.05) is 5.32 Å². The maximum atomic E-state index is 14.1. The Morgan fingerprint density at radius 2 is 1.59 bits per heavy atom. The van der Waals surface area contributed by atoms with Crippen LogP contribution in [-0.4, -0.2) is 10.5 Å². The van der Waals surface area contributed by atoms with Crippen molar-refractivity contribution in [2.45, 2.75) is 6.92 Å². The molecule has 1 amide bonds. The predicted octanol–water partition coefficient (Wildman–Crippen LogP) is 4.91. The quantitative estimate of drug-likeness (QED) is 0.544. The highest BCUT2D eigenvalue weighted by molar-refractivity contribution is 6.07. The van der Waals surface area contributed by atoms with Gasteiger partial charge in [0.1, 0.15) is 11.6 Å². The Morgan fingerprint density at radius 3 is 2.31 bits per heavy atom. The third-order valence-electron chi connectivity index (χ3n) is 5.00. The van der Waals surface area contributed by atoms with E-state index in [2.05, 4.69) is 5.32 Å². The number of rotatable bonds is 3. The molecule has 0 saturated heterocycles. The number of hydrogen-bond donors (Lipinski definition) is 1. The van der Waals surface area contributed by atoms with Crippen molar-refractivity contribution in [2.24, 2.45) is 7.05 Å². The van der Waals surface area contributed by atoms with Crippen molar-refractivity contribution in [1.29, 1.82) is 0 Å². The number of aromatic nitrogens is 1. The van der Waals surface area contributed by atoms with Crippen molar-refractivity contribution in [3.63, 3.8) is 0 Å². The van der Waals surface area contributed by atoms with Crippen LogP contribution in [0.1, 0.15) is 15.9 Å². The Hall–Kier alpha value is -3.73. The lowest BCUT2D eigenvalue weighted by molar-refractivity contribution is 0.102. The number of nitrogens with zero attached hydrogens (tertiary/aromatic N) is 1. The third-order valence-corrected chi connectivity index (χ3v) is 5.00. The Balaban J connectivity index is 1.96. The fraction of sp³-hybridized carbons (Fsp3) is 0.0833. The van der Waals surface area contributed by atoms with E-state index < -0.39 is 11.7 Å². The average molecular weight is 386 g/mol. The van der Waals surface area contributed by atoms with Crippen LogP contribution in [0, 0.1) is 12.7 Å². The number of carbonyl (C=O) groups is 1. The van der Waals surface area contributed by atoms with E-state index in [0.29, 0.717) is 27.8 Å². The second-order valence-corrected chi connectivity index (χ2v) is 6.93. The van der Waals surface area contributed by atoms with Gasteiger partial charge in [0.05, 0.1) is 16.6 Å². The Bertz CT molecular complexity index is 1290. The number of fused-ring (bicyclic) bond motifs is 1. The maximum Gasteiger partial charge on any atom is 0.259 e. The van der Waals surface area contributed by atoms with Crippen LogP contribution in [0.5, 0.6) is 0 Å². The molecule has 0 aliphatic heterocycles. The van der Waals surface area contributed by atoms with Gasteiger partial charge in [-0.15, -0.1) is 0 Å². The molecule has 4 aromatic rings. The number of anilines is 1. The predicted molar refractivity (Wildman–Crippen MR) is 114 cm³/mol. The first-order valence-corrected chi connectivity index (χ1v) is 9.22. The molecule has 4 rings (SSSR count). The molecule has 0 spiro atoms. The van der Waals surface area contributed by atoms with Crippen molar-refractivity contribution >= 4 is 22.6 Å². The molecule has 0 fully saturated rings. The zero-order chi connectivity index (χ0) is 20.5. The van der Waals surface area contributed by atoms with E-state index in [1.54, 1.807) is 29.8 Å². The monoisotopic (exact) mass is 386 g/mol. The number of amides is 1. The number of aryl methyl sites for hydroxylation is 2. The molecule has 1 aromatic heterocycles. The topological polar surface area (TPSA) is 51.1 Å². The summed E-state index contributed by atoms with van der Waals surface area (Å²) in [7, 11) is 1.77. The normalized spacial score (nSPS) is 10.9. The van der Waals surface area contributed by atoms with E-state index >= 15 is 0 Å². The van der Waals surface area contributed by atoms with Crippen LogP contribution in [0.4, 0.5) is 10.2 Å². The van der Waals surface area contributed by atoms with Crippen LogP contribution in [0.25, 0.3) is 22.0 Å². The van der Waals surface area contributed by atoms with Crippen LogP contribution in [0.2, 0.25) is 0 Å². The largest absolute Gasteiger partial charge is 0.330 e. The number of pyridine rings is 1. The highest BCUT2D eigenvalue weighted by atomic mass is 19.1. The van der Waals surface area contributed by atoms with Crippen molar-refractivity contribution < 1.29 is 9.18 Å². The molecule has 0 aliphatic carbocycles. The lowest BCUT2D eigenvalue weighted by Crippen LogP contribution is -2.22. The molecule has 0 saturated carbocycles. The Labute approximate surface area is 167 Å². The summed E-state index contributed by atoms with van der Waals surface area (Å²) in [5, 5.41) is 3.32. The van der Waals surface area contributed by atoms with Crippen LogP contribution in [0.15, 0.2) is 77.6 Å². The molecule has 0 atom stereocenters. The lowest BCUT2D eigenvalue weighted by Gasteiger charge is -2.18. The molecule has 3 aromatic carbocycles. The molecular weight excluding hydrogens is 367 g/mol. The molecule has 5 heteroatoms. The number of para-hydroxylation sites is 1. The van der Waals surface area contributed by atoms with E-state index in [9.17, 15) is 14.0 Å². The minimum atomic E-state index is -0.618. The van der Waals surface area contributed by atoms with Gasteiger partial charge in [0.2, 0.25) is 0 Å². The van der Waals surface area contributed by atoms with Gasteiger partial charge in [-0.3, -0.25) is 9.59 Å². The van der Waals surface area contributed by atoms with Gasteiger partial charge in [0, 0.05) is 12.4 Å². The molecule has 1 heterocycles. The Morgan fingerprint density at radius 1 is 0.931 bits per heavy atom. The fourth-order valence-corrected chi connectivity index (χ4v) is 3.44. The van der Waals surface area contributed by atoms with Gasteiger partial charge in [-0.2, -0.15) is 0 Å². The third kappa shape index (κ3) is 3.31. The summed E-state index contributed by atoms with van der Waals surface area (Å²) < 4.78 is 15.9. The van der Waals surface area contributed by atoms with E-state index in [-0.39, 0.29) is 11.0 Å². The van der Waals surface area contributed by atoms with Gasteiger partial charge in [0.15, 0.2) is 5.43 Å². The molecule has 0 unspecified atom stereocenters. The smallest absolute Gasteiger partial charge is 0.259 e. The van der Waals surface area contributed by atoms with Gasteiger partial charge >= 0.3 is 0 Å². The van der Waals surface area contributed by atoms with Crippen molar-refractivity contribution in [1.82, 2.24) is 4.57 Å². The maximum absolute atomic E-state index is 14.1. The summed E-state index contributed by atoms with van der Waals surface area (Å²) in [5.74, 6) is -0.903. The first-order chi connectivity index (χ1) is 14.0. The van der Waals surface area contributed by atoms with E-state index in [4.69, 9.17) is 0 Å². The van der Waals surface area contributed by atoms with Crippen LogP contribution in [0.3, 0.4) is 0 Å². The van der Waals surface area contributed by atoms with E-state index in [1.807, 2.05) is 43.3 Å². The van der Waals surface area contributed by atoms with Crippen LogP contribution < -0.4 is 10.7 Å². The molecule has 29 heavy (non-hydrogen) atoms. The molecular formula is C24H19FN2O2. The van der Waals surface area contributed by atoms with Crippen molar-refractivity contribution in [3.8, 4) is 11.1 Å². The summed E-state index contributed by atoms with van der Waals surface area (Å²) >= 11 is 0. The summed E-state index contributed by atoms with van der Waals surface area (Å²) in [6.07, 6.45) is 0. The first kappa shape index (κ1) is 18.6. The Kier molecular flexibility index (Phi) is 4.72. The van der Waals surface area contributed by atoms with Gasteiger partial charge in [-0.25, -0.2) is 4.39 Å². The zero-order valence-corrected chi connectivity index (χ0v) is 16.1. The molecule has 0 bridgehead atoms. The van der Waals surface area contributed by atoms with Gasteiger partial charge < -0.3 is 9.88 Å². The van der Waals surface area contributed by atoms with Crippen LogP contribution >= 0.6 is 0 Å². The second kappa shape index (κ2) is 7.36. The molecule has 1 N–H and O–H groups in total. The highest BCUT2D eigenvalue weighted by Gasteiger charge is 2.20. The summed E-state index contributed by atoms with van der Waals surface area (Å²) in [4.78, 5) is 26.1. The molecule has 0 radical (unpaired) electrons.